The zero-order valence-electron chi connectivity index (χ0n) is 12.3. The second kappa shape index (κ2) is 7.17. The molecule has 0 fully saturated rings. The Balaban J connectivity index is 3.07. The Morgan fingerprint density at radius 1 is 1.38 bits per heavy atom. The SMILES string of the molecule is CCN(CC)C(=O)C(C)Nc1c(Cl)cc(N)cc1C(=O)O. The highest BCUT2D eigenvalue weighted by atomic mass is 35.5. The van der Waals surface area contributed by atoms with Crippen molar-refractivity contribution in [1.82, 2.24) is 4.90 Å². The molecule has 21 heavy (non-hydrogen) atoms. The summed E-state index contributed by atoms with van der Waals surface area (Å²) in [7, 11) is 0. The Morgan fingerprint density at radius 2 is 1.95 bits per heavy atom. The quantitative estimate of drug-likeness (QED) is 0.700. The van der Waals surface area contributed by atoms with Crippen molar-refractivity contribution in [2.45, 2.75) is 26.8 Å². The Labute approximate surface area is 128 Å². The smallest absolute Gasteiger partial charge is 0.337 e. The number of hydrogen-bond donors (Lipinski definition) is 3. The van der Waals surface area contributed by atoms with Gasteiger partial charge in [-0.15, -0.1) is 0 Å². The van der Waals surface area contributed by atoms with Crippen molar-refractivity contribution in [2.24, 2.45) is 0 Å². The molecule has 1 aromatic rings. The molecule has 0 radical (unpaired) electrons. The third-order valence-electron chi connectivity index (χ3n) is 3.15. The molecule has 0 aromatic heterocycles. The molecule has 6 nitrogen and oxygen atoms in total. The zero-order valence-corrected chi connectivity index (χ0v) is 13.1. The number of nitrogens with one attached hydrogen (secondary N) is 1. The first-order chi connectivity index (χ1) is 9.81. The molecule has 0 aliphatic carbocycles. The summed E-state index contributed by atoms with van der Waals surface area (Å²) >= 11 is 6.04. The lowest BCUT2D eigenvalue weighted by Gasteiger charge is -2.25. The van der Waals surface area contributed by atoms with Crippen LogP contribution in [0.25, 0.3) is 0 Å². The van der Waals surface area contributed by atoms with Gasteiger partial charge in [0, 0.05) is 18.8 Å². The van der Waals surface area contributed by atoms with E-state index in [1.807, 2.05) is 13.8 Å². The summed E-state index contributed by atoms with van der Waals surface area (Å²) in [4.78, 5) is 25.1. The molecule has 0 aliphatic heterocycles. The van der Waals surface area contributed by atoms with Gasteiger partial charge in [-0.3, -0.25) is 4.79 Å². The van der Waals surface area contributed by atoms with Crippen LogP contribution in [0.5, 0.6) is 0 Å². The zero-order chi connectivity index (χ0) is 16.2. The minimum atomic E-state index is -1.16. The van der Waals surface area contributed by atoms with E-state index in [1.165, 1.54) is 12.1 Å². The Morgan fingerprint density at radius 3 is 2.43 bits per heavy atom. The normalized spacial score (nSPS) is 11.8. The van der Waals surface area contributed by atoms with Gasteiger partial charge in [0.15, 0.2) is 0 Å². The Kier molecular flexibility index (Phi) is 5.84. The first kappa shape index (κ1) is 17.1. The van der Waals surface area contributed by atoms with Gasteiger partial charge < -0.3 is 21.1 Å². The molecule has 1 unspecified atom stereocenters. The van der Waals surface area contributed by atoms with Gasteiger partial charge >= 0.3 is 5.97 Å². The monoisotopic (exact) mass is 313 g/mol. The number of benzene rings is 1. The Hall–Kier alpha value is -1.95. The minimum Gasteiger partial charge on any atom is -0.478 e. The number of halogens is 1. The molecule has 0 saturated carbocycles. The summed E-state index contributed by atoms with van der Waals surface area (Å²) in [5, 5.41) is 12.3. The highest BCUT2D eigenvalue weighted by Gasteiger charge is 2.22. The summed E-state index contributed by atoms with van der Waals surface area (Å²) in [5.41, 5.74) is 6.00. The number of carboxylic acid groups (broad SMARTS) is 1. The fourth-order valence-corrected chi connectivity index (χ4v) is 2.31. The summed E-state index contributed by atoms with van der Waals surface area (Å²) < 4.78 is 0. The number of nitrogen functional groups attached to an aromatic ring is 1. The highest BCUT2D eigenvalue weighted by molar-refractivity contribution is 6.34. The molecule has 7 heteroatoms. The molecule has 0 saturated heterocycles. The number of likely N-dealkylation sites (N-methyl/N-ethyl adjacent to an activating group) is 1. The molecule has 116 valence electrons. The minimum absolute atomic E-state index is 0.0563. The largest absolute Gasteiger partial charge is 0.478 e. The maximum atomic E-state index is 12.2. The van der Waals surface area contributed by atoms with E-state index in [2.05, 4.69) is 5.32 Å². The summed E-state index contributed by atoms with van der Waals surface area (Å²) in [6, 6.07) is 2.17. The van der Waals surface area contributed by atoms with Gasteiger partial charge in [0.1, 0.15) is 6.04 Å². The van der Waals surface area contributed by atoms with Gasteiger partial charge in [-0.05, 0) is 32.9 Å². The van der Waals surface area contributed by atoms with Crippen molar-refractivity contribution in [3.8, 4) is 0 Å². The number of amides is 1. The lowest BCUT2D eigenvalue weighted by atomic mass is 10.1. The van der Waals surface area contributed by atoms with Crippen molar-refractivity contribution < 1.29 is 14.7 Å². The van der Waals surface area contributed by atoms with Crippen LogP contribution in [0.15, 0.2) is 12.1 Å². The van der Waals surface area contributed by atoms with Crippen molar-refractivity contribution in [2.75, 3.05) is 24.1 Å². The predicted molar refractivity (Wildman–Crippen MR) is 83.8 cm³/mol. The molecule has 0 heterocycles. The second-order valence-corrected chi connectivity index (χ2v) is 5.01. The van der Waals surface area contributed by atoms with E-state index >= 15 is 0 Å². The third kappa shape index (κ3) is 4.01. The standard InChI is InChI=1S/C14H20ClN3O3/c1-4-18(5-2)13(19)8(3)17-12-10(14(20)21)6-9(16)7-11(12)15/h6-8,17H,4-5,16H2,1-3H3,(H,20,21). The molecule has 0 spiro atoms. The van der Waals surface area contributed by atoms with Gasteiger partial charge in [0.05, 0.1) is 16.3 Å². The average molecular weight is 314 g/mol. The second-order valence-electron chi connectivity index (χ2n) is 4.61. The number of anilines is 2. The molecule has 1 aromatic carbocycles. The van der Waals surface area contributed by atoms with E-state index in [-0.39, 0.29) is 27.9 Å². The number of carbonyl (C=O) groups is 2. The van der Waals surface area contributed by atoms with Crippen LogP contribution in [0.1, 0.15) is 31.1 Å². The van der Waals surface area contributed by atoms with Crippen LogP contribution in [-0.4, -0.2) is 41.0 Å². The van der Waals surface area contributed by atoms with E-state index < -0.39 is 12.0 Å². The molecular formula is C14H20ClN3O3. The van der Waals surface area contributed by atoms with E-state index in [0.717, 1.165) is 0 Å². The number of nitrogens with zero attached hydrogens (tertiary/aromatic N) is 1. The fourth-order valence-electron chi connectivity index (χ4n) is 2.03. The number of aromatic carboxylic acids is 1. The molecule has 0 aliphatic rings. The summed E-state index contributed by atoms with van der Waals surface area (Å²) in [5.74, 6) is -1.28. The van der Waals surface area contributed by atoms with Crippen LogP contribution < -0.4 is 11.1 Å². The average Bonchev–Trinajstić information content (AvgIpc) is 2.42. The van der Waals surface area contributed by atoms with Crippen LogP contribution in [0.3, 0.4) is 0 Å². The van der Waals surface area contributed by atoms with Gasteiger partial charge in [0.25, 0.3) is 0 Å². The number of nitrogens with two attached hydrogens (primary N) is 1. The van der Waals surface area contributed by atoms with Crippen molar-refractivity contribution in [1.29, 1.82) is 0 Å². The fraction of sp³-hybridized carbons (Fsp3) is 0.429. The lowest BCUT2D eigenvalue weighted by Crippen LogP contribution is -2.41. The predicted octanol–water partition coefficient (Wildman–Crippen LogP) is 2.29. The van der Waals surface area contributed by atoms with Crippen LogP contribution in [0, 0.1) is 0 Å². The molecular weight excluding hydrogens is 294 g/mol. The molecule has 1 amide bonds. The van der Waals surface area contributed by atoms with Crippen LogP contribution in [0.2, 0.25) is 5.02 Å². The molecule has 4 N–H and O–H groups in total. The van der Waals surface area contributed by atoms with Gasteiger partial charge in [-0.2, -0.15) is 0 Å². The summed E-state index contributed by atoms with van der Waals surface area (Å²) in [6.45, 7) is 6.60. The Bertz CT molecular complexity index is 545. The van der Waals surface area contributed by atoms with Gasteiger partial charge in [0.2, 0.25) is 5.91 Å². The van der Waals surface area contributed by atoms with Crippen molar-refractivity contribution >= 4 is 34.9 Å². The molecule has 1 rings (SSSR count). The van der Waals surface area contributed by atoms with E-state index in [1.54, 1.807) is 11.8 Å². The van der Waals surface area contributed by atoms with E-state index in [4.69, 9.17) is 17.3 Å². The van der Waals surface area contributed by atoms with Crippen molar-refractivity contribution in [3.05, 3.63) is 22.7 Å². The van der Waals surface area contributed by atoms with Gasteiger partial charge in [-0.25, -0.2) is 4.79 Å². The van der Waals surface area contributed by atoms with E-state index in [9.17, 15) is 14.7 Å². The third-order valence-corrected chi connectivity index (χ3v) is 3.45. The van der Waals surface area contributed by atoms with Gasteiger partial charge in [-0.1, -0.05) is 11.6 Å². The lowest BCUT2D eigenvalue weighted by molar-refractivity contribution is -0.131. The van der Waals surface area contributed by atoms with Crippen LogP contribution >= 0.6 is 11.6 Å². The molecule has 1 atom stereocenters. The number of carbonyl (C=O) groups excluding carboxylic acids is 1. The first-order valence-electron chi connectivity index (χ1n) is 6.69. The maximum absolute atomic E-state index is 12.2. The van der Waals surface area contributed by atoms with Crippen LogP contribution in [0.4, 0.5) is 11.4 Å². The van der Waals surface area contributed by atoms with E-state index in [0.29, 0.717) is 13.1 Å². The highest BCUT2D eigenvalue weighted by Crippen LogP contribution is 2.30. The summed E-state index contributed by atoms with van der Waals surface area (Å²) in [6.07, 6.45) is 0. The topological polar surface area (TPSA) is 95.7 Å². The van der Waals surface area contributed by atoms with Crippen LogP contribution in [-0.2, 0) is 4.79 Å². The number of carboxylic acids is 1. The van der Waals surface area contributed by atoms with Crippen molar-refractivity contribution in [3.63, 3.8) is 0 Å². The number of rotatable bonds is 6. The first-order valence-corrected chi connectivity index (χ1v) is 7.07. The number of hydrogen-bond acceptors (Lipinski definition) is 4. The maximum Gasteiger partial charge on any atom is 0.337 e. The molecule has 0 bridgehead atoms.